The van der Waals surface area contributed by atoms with Crippen LogP contribution in [0.3, 0.4) is 0 Å². The molecule has 2 atom stereocenters. The van der Waals surface area contributed by atoms with Crippen molar-refractivity contribution in [3.8, 4) is 11.1 Å². The highest BCUT2D eigenvalue weighted by atomic mass is 19.1. The molecule has 2 unspecified atom stereocenters. The lowest BCUT2D eigenvalue weighted by molar-refractivity contribution is -0.186. The van der Waals surface area contributed by atoms with Crippen molar-refractivity contribution >= 4 is 29.0 Å². The molecule has 45 heavy (non-hydrogen) atoms. The van der Waals surface area contributed by atoms with E-state index in [1.54, 1.807) is 41.1 Å². The fraction of sp³-hybridized carbons (Fsp3) is 0.394. The molecule has 11 nitrogen and oxygen atoms in total. The van der Waals surface area contributed by atoms with Gasteiger partial charge in [0.1, 0.15) is 0 Å². The molecule has 0 radical (unpaired) electrons. The van der Waals surface area contributed by atoms with Gasteiger partial charge in [0, 0.05) is 50.6 Å². The number of halogens is 1. The normalized spacial score (nSPS) is 17.3. The molecule has 0 bridgehead atoms. The molecule has 2 fully saturated rings. The molecule has 3 aromatic heterocycles. The van der Waals surface area contributed by atoms with Crippen LogP contribution in [0.25, 0.3) is 16.6 Å². The second kappa shape index (κ2) is 12.4. The first-order valence-electron chi connectivity index (χ1n) is 15.1. The number of aromatic nitrogens is 3. The summed E-state index contributed by atoms with van der Waals surface area (Å²) in [5.41, 5.74) is 2.89. The van der Waals surface area contributed by atoms with Gasteiger partial charge in [0.15, 0.2) is 17.9 Å². The van der Waals surface area contributed by atoms with E-state index in [1.807, 2.05) is 17.8 Å². The van der Waals surface area contributed by atoms with Crippen molar-refractivity contribution in [2.24, 2.45) is 0 Å². The number of carbonyl (C=O) groups excluding carboxylic acids is 2. The summed E-state index contributed by atoms with van der Waals surface area (Å²) < 4.78 is 31.6. The van der Waals surface area contributed by atoms with Crippen molar-refractivity contribution < 1.29 is 33.4 Å². The number of nitrogens with one attached hydrogen (secondary N) is 1. The minimum absolute atomic E-state index is 0.0443. The zero-order valence-electron chi connectivity index (χ0n) is 25.5. The van der Waals surface area contributed by atoms with Gasteiger partial charge in [0.25, 0.3) is 5.91 Å². The summed E-state index contributed by atoms with van der Waals surface area (Å²) in [5, 5.41) is 16.5. The summed E-state index contributed by atoms with van der Waals surface area (Å²) >= 11 is 0. The van der Waals surface area contributed by atoms with Gasteiger partial charge in [-0.2, -0.15) is 5.10 Å². The lowest BCUT2D eigenvalue weighted by atomic mass is 10.0. The second-order valence-corrected chi connectivity index (χ2v) is 11.8. The number of ketones is 1. The third kappa shape index (κ3) is 6.47. The molecule has 6 rings (SSSR count). The van der Waals surface area contributed by atoms with Gasteiger partial charge in [0.05, 0.1) is 40.8 Å². The first-order valence-corrected chi connectivity index (χ1v) is 15.1. The molecule has 1 saturated carbocycles. The molecule has 1 saturated heterocycles. The van der Waals surface area contributed by atoms with Gasteiger partial charge in [-0.25, -0.2) is 9.18 Å². The number of anilines is 1. The highest BCUT2D eigenvalue weighted by molar-refractivity contribution is 6.11. The van der Waals surface area contributed by atoms with Gasteiger partial charge >= 0.3 is 6.09 Å². The molecule has 2 N–H and O–H groups in total. The molecule has 236 valence electrons. The number of rotatable bonds is 10. The van der Waals surface area contributed by atoms with Crippen LogP contribution in [0, 0.1) is 5.82 Å². The zero-order valence-corrected chi connectivity index (χ0v) is 25.5. The van der Waals surface area contributed by atoms with Crippen LogP contribution < -0.4 is 5.32 Å². The minimum Gasteiger partial charge on any atom is -0.465 e. The standard InChI is InChI=1S/C33H36FN5O6/c1-19(40)28-15-26(29-12-21(9-10-38(28)29)17-37(3)33(42)43)32(41)36-27-14-22(20(2)45-30-6-4-5-11-44-30)13-25(31(27)34)23-16-35-39(18-23)24-7-8-24/h9-10,12-16,18,20,24,30H,4-8,11,17H2,1-3H3,(H,36,41)(H,42,43). The molecule has 1 aliphatic carbocycles. The number of carboxylic acid groups (broad SMARTS) is 1. The van der Waals surface area contributed by atoms with Gasteiger partial charge < -0.3 is 29.2 Å². The van der Waals surface area contributed by atoms with Crippen molar-refractivity contribution in [3.63, 3.8) is 0 Å². The zero-order chi connectivity index (χ0) is 31.8. The van der Waals surface area contributed by atoms with E-state index in [0.717, 1.165) is 37.0 Å². The number of pyridine rings is 1. The number of carbonyl (C=O) groups is 3. The molecular formula is C33H36FN5O6. The Morgan fingerprint density at radius 3 is 2.69 bits per heavy atom. The number of fused-ring (bicyclic) bond motifs is 1. The number of nitrogens with zero attached hydrogens (tertiary/aromatic N) is 4. The number of benzene rings is 1. The molecule has 1 aliphatic heterocycles. The Morgan fingerprint density at radius 2 is 2.00 bits per heavy atom. The molecular weight excluding hydrogens is 581 g/mol. The van der Waals surface area contributed by atoms with Gasteiger partial charge in [0.2, 0.25) is 0 Å². The van der Waals surface area contributed by atoms with Crippen LogP contribution >= 0.6 is 0 Å². The van der Waals surface area contributed by atoms with Crippen LogP contribution in [0.4, 0.5) is 14.9 Å². The lowest BCUT2D eigenvalue weighted by Gasteiger charge is -2.26. The monoisotopic (exact) mass is 617 g/mol. The maximum atomic E-state index is 16.3. The number of hydrogen-bond acceptors (Lipinski definition) is 6. The Bertz CT molecular complexity index is 1770. The highest BCUT2D eigenvalue weighted by Gasteiger charge is 2.27. The molecule has 2 aliphatic rings. The second-order valence-electron chi connectivity index (χ2n) is 11.8. The summed E-state index contributed by atoms with van der Waals surface area (Å²) in [7, 11) is 1.44. The van der Waals surface area contributed by atoms with E-state index in [2.05, 4.69) is 10.4 Å². The average molecular weight is 618 g/mol. The SMILES string of the molecule is CC(=O)c1cc(C(=O)Nc2cc(C(C)OC3CCCCO3)cc(-c3cnn(C4CC4)c3)c2F)c2cc(CN(C)C(=O)O)ccn12. The first-order chi connectivity index (χ1) is 21.6. The van der Waals surface area contributed by atoms with E-state index in [-0.39, 0.29) is 41.1 Å². The maximum Gasteiger partial charge on any atom is 0.407 e. The lowest BCUT2D eigenvalue weighted by Crippen LogP contribution is -2.24. The highest BCUT2D eigenvalue weighted by Crippen LogP contribution is 2.38. The van der Waals surface area contributed by atoms with Crippen LogP contribution in [-0.4, -0.2) is 61.9 Å². The van der Waals surface area contributed by atoms with Crippen molar-refractivity contribution in [1.82, 2.24) is 19.1 Å². The van der Waals surface area contributed by atoms with Crippen molar-refractivity contribution in [2.75, 3.05) is 19.0 Å². The summed E-state index contributed by atoms with van der Waals surface area (Å²) in [6.07, 6.45) is 7.92. The van der Waals surface area contributed by atoms with Crippen LogP contribution in [0.2, 0.25) is 0 Å². The van der Waals surface area contributed by atoms with E-state index in [9.17, 15) is 19.5 Å². The summed E-state index contributed by atoms with van der Waals surface area (Å²) in [6, 6.07) is 8.41. The van der Waals surface area contributed by atoms with Crippen LogP contribution in [-0.2, 0) is 16.0 Å². The predicted octanol–water partition coefficient (Wildman–Crippen LogP) is 6.45. The van der Waals surface area contributed by atoms with Crippen molar-refractivity contribution in [3.05, 3.63) is 77.1 Å². The summed E-state index contributed by atoms with van der Waals surface area (Å²) in [4.78, 5) is 38.8. The molecule has 2 amide bonds. The van der Waals surface area contributed by atoms with E-state index in [4.69, 9.17) is 9.47 Å². The largest absolute Gasteiger partial charge is 0.465 e. The van der Waals surface area contributed by atoms with Crippen molar-refractivity contribution in [1.29, 1.82) is 0 Å². The number of ether oxygens (including phenoxy) is 2. The van der Waals surface area contributed by atoms with Crippen molar-refractivity contribution in [2.45, 2.75) is 70.9 Å². The quantitative estimate of drug-likeness (QED) is 0.196. The third-order valence-electron chi connectivity index (χ3n) is 8.33. The molecule has 12 heteroatoms. The fourth-order valence-electron chi connectivity index (χ4n) is 5.65. The fourth-order valence-corrected chi connectivity index (χ4v) is 5.65. The molecule has 0 spiro atoms. The molecule has 4 heterocycles. The van der Waals surface area contributed by atoms with Crippen LogP contribution in [0.5, 0.6) is 0 Å². The average Bonchev–Trinajstić information content (AvgIpc) is 3.62. The first kappa shape index (κ1) is 30.5. The van der Waals surface area contributed by atoms with Gasteiger partial charge in [-0.05, 0) is 80.5 Å². The van der Waals surface area contributed by atoms with E-state index >= 15 is 4.39 Å². The van der Waals surface area contributed by atoms with Crippen LogP contribution in [0.15, 0.2) is 48.9 Å². The Morgan fingerprint density at radius 1 is 1.20 bits per heavy atom. The summed E-state index contributed by atoms with van der Waals surface area (Å²) in [6.45, 7) is 3.95. The molecule has 4 aromatic rings. The van der Waals surface area contributed by atoms with E-state index in [0.29, 0.717) is 34.9 Å². The van der Waals surface area contributed by atoms with Gasteiger partial charge in [-0.15, -0.1) is 0 Å². The van der Waals surface area contributed by atoms with Gasteiger partial charge in [-0.3, -0.25) is 14.3 Å². The van der Waals surface area contributed by atoms with Crippen LogP contribution in [0.1, 0.15) is 90.1 Å². The Labute approximate surface area is 259 Å². The third-order valence-corrected chi connectivity index (χ3v) is 8.33. The Hall–Kier alpha value is -4.55. The summed E-state index contributed by atoms with van der Waals surface area (Å²) in [5.74, 6) is -1.51. The number of hydrogen-bond donors (Lipinski definition) is 2. The Balaban J connectivity index is 1.37. The van der Waals surface area contributed by atoms with E-state index < -0.39 is 23.9 Å². The predicted molar refractivity (Wildman–Crippen MR) is 164 cm³/mol. The smallest absolute Gasteiger partial charge is 0.407 e. The van der Waals surface area contributed by atoms with Gasteiger partial charge in [-0.1, -0.05) is 0 Å². The molecule has 1 aromatic carbocycles. The number of amides is 2. The topological polar surface area (TPSA) is 127 Å². The maximum absolute atomic E-state index is 16.3. The van der Waals surface area contributed by atoms with E-state index in [1.165, 1.54) is 20.0 Å². The minimum atomic E-state index is -1.10. The number of Topliss-reactive ketones (excluding diaryl/α,β-unsaturated/α-hetero) is 1. The Kier molecular flexibility index (Phi) is 8.43.